The van der Waals surface area contributed by atoms with Crippen LogP contribution in [-0.2, 0) is 52.5 Å². The van der Waals surface area contributed by atoms with Gasteiger partial charge in [-0.3, -0.25) is 43.5 Å². The highest BCUT2D eigenvalue weighted by Crippen LogP contribution is 2.15. The molecule has 0 aliphatic rings. The molecule has 420 valence electrons. The van der Waals surface area contributed by atoms with Crippen LogP contribution in [0.2, 0.25) is 0 Å². The van der Waals surface area contributed by atoms with Crippen LogP contribution in [0.3, 0.4) is 0 Å². The number of carboxylic acid groups (broad SMARTS) is 4. The molecule has 1 amide bonds. The number of unbranched alkanes of at least 4 members (excludes halogenated alkanes) is 24. The lowest BCUT2D eigenvalue weighted by molar-refractivity contribution is -0.165. The van der Waals surface area contributed by atoms with E-state index in [9.17, 15) is 43.8 Å². The van der Waals surface area contributed by atoms with Gasteiger partial charge < -0.3 is 44.7 Å². The molecule has 0 radical (unpaired) electrons. The van der Waals surface area contributed by atoms with Crippen molar-refractivity contribution in [1.82, 2.24) is 20.0 Å². The summed E-state index contributed by atoms with van der Waals surface area (Å²) >= 11 is 0. The third kappa shape index (κ3) is 48.4. The number of hydrogen-bond acceptors (Lipinski definition) is 14. The topological polar surface area (TPSA) is 259 Å². The van der Waals surface area contributed by atoms with Gasteiger partial charge in [0.2, 0.25) is 5.91 Å². The molecule has 0 bridgehead atoms. The lowest BCUT2D eigenvalue weighted by Crippen LogP contribution is -2.45. The molecule has 0 spiro atoms. The van der Waals surface area contributed by atoms with E-state index in [-0.39, 0.29) is 77.9 Å². The molecule has 19 heteroatoms. The number of carbonyl (C=O) groups excluding carboxylic acids is 3. The summed E-state index contributed by atoms with van der Waals surface area (Å²) in [7, 11) is 0. The molecule has 0 saturated heterocycles. The molecule has 5 N–H and O–H groups in total. The zero-order valence-electron chi connectivity index (χ0n) is 44.6. The van der Waals surface area contributed by atoms with Gasteiger partial charge in [-0.15, -0.1) is 0 Å². The second-order valence-electron chi connectivity index (χ2n) is 19.1. The molecule has 0 aromatic carbocycles. The van der Waals surface area contributed by atoms with E-state index < -0.39 is 74.6 Å². The average molecular weight is 1030 g/mol. The Hall–Kier alpha value is -3.91. The van der Waals surface area contributed by atoms with Crippen LogP contribution in [0.1, 0.15) is 194 Å². The van der Waals surface area contributed by atoms with Crippen LogP contribution in [-0.4, -0.2) is 181 Å². The fourth-order valence-corrected chi connectivity index (χ4v) is 8.25. The summed E-state index contributed by atoms with van der Waals surface area (Å²) in [6.45, 7) is 2.41. The molecular weight excluding hydrogens is 933 g/mol. The molecule has 19 nitrogen and oxygen atoms in total. The quantitative estimate of drug-likeness (QED) is 0.0287. The Morgan fingerprint density at radius 3 is 1.29 bits per heavy atom. The van der Waals surface area contributed by atoms with E-state index >= 15 is 0 Å². The summed E-state index contributed by atoms with van der Waals surface area (Å²) in [4.78, 5) is 87.5. The summed E-state index contributed by atoms with van der Waals surface area (Å²) in [6.07, 6.45) is 31.5. The van der Waals surface area contributed by atoms with Crippen LogP contribution in [0.5, 0.6) is 0 Å². The lowest BCUT2D eigenvalue weighted by Gasteiger charge is -2.26. The van der Waals surface area contributed by atoms with E-state index in [0.29, 0.717) is 6.61 Å². The Morgan fingerprint density at radius 1 is 0.417 bits per heavy atom. The maximum atomic E-state index is 12.8. The zero-order chi connectivity index (χ0) is 53.3. The first-order valence-corrected chi connectivity index (χ1v) is 27.6. The summed E-state index contributed by atoms with van der Waals surface area (Å²) in [5.41, 5.74) is 0. The van der Waals surface area contributed by atoms with Gasteiger partial charge in [-0.1, -0.05) is 168 Å². The summed E-state index contributed by atoms with van der Waals surface area (Å²) < 4.78 is 22.4. The van der Waals surface area contributed by atoms with Crippen molar-refractivity contribution in [3.63, 3.8) is 0 Å². The number of amides is 1. The normalized spacial score (nSPS) is 11.8. The second kappa shape index (κ2) is 49.3. The molecule has 0 rings (SSSR count). The van der Waals surface area contributed by atoms with Crippen molar-refractivity contribution < 1.29 is 72.9 Å². The van der Waals surface area contributed by atoms with Crippen LogP contribution >= 0.6 is 0 Å². The molecule has 0 aliphatic heterocycles. The largest absolute Gasteiger partial charge is 0.480 e. The van der Waals surface area contributed by atoms with Crippen molar-refractivity contribution in [2.45, 2.75) is 200 Å². The Kier molecular flexibility index (Phi) is 46.6. The number of nitrogens with zero attached hydrogens (tertiary/aromatic N) is 3. The lowest BCUT2D eigenvalue weighted by atomic mass is 10.0. The third-order valence-corrected chi connectivity index (χ3v) is 12.2. The Labute approximate surface area is 431 Å². The molecule has 0 fully saturated rings. The minimum absolute atomic E-state index is 0.00350. The van der Waals surface area contributed by atoms with Gasteiger partial charge >= 0.3 is 35.8 Å². The van der Waals surface area contributed by atoms with Crippen molar-refractivity contribution in [3.8, 4) is 0 Å². The average Bonchev–Trinajstić information content (AvgIpc) is 3.31. The third-order valence-electron chi connectivity index (χ3n) is 12.2. The summed E-state index contributed by atoms with van der Waals surface area (Å²) in [5.74, 6) is -6.36. The summed E-state index contributed by atoms with van der Waals surface area (Å²) in [5, 5.41) is 39.6. The smallest absolute Gasteiger partial charge is 0.332 e. The molecule has 1 unspecified atom stereocenters. The number of aliphatic carboxylic acids is 4. The molecule has 72 heavy (non-hydrogen) atoms. The first-order chi connectivity index (χ1) is 34.7. The van der Waals surface area contributed by atoms with Crippen molar-refractivity contribution in [1.29, 1.82) is 0 Å². The molecule has 0 aromatic heterocycles. The highest BCUT2D eigenvalue weighted by Gasteiger charge is 2.20. The van der Waals surface area contributed by atoms with Gasteiger partial charge in [-0.25, -0.2) is 4.79 Å². The molecule has 0 aromatic rings. The number of ether oxygens (including phenoxy) is 4. The monoisotopic (exact) mass is 1030 g/mol. The Bertz CT molecular complexity index is 1390. The fraction of sp³-hybridized carbons (Fsp3) is 0.868. The number of esters is 2. The van der Waals surface area contributed by atoms with E-state index in [0.717, 1.165) is 44.9 Å². The van der Waals surface area contributed by atoms with Gasteiger partial charge in [-0.05, 0) is 19.3 Å². The predicted octanol–water partition coefficient (Wildman–Crippen LogP) is 7.80. The van der Waals surface area contributed by atoms with Crippen LogP contribution in [0, 0.1) is 0 Å². The van der Waals surface area contributed by atoms with Crippen LogP contribution in [0.25, 0.3) is 0 Å². The van der Waals surface area contributed by atoms with Gasteiger partial charge in [0, 0.05) is 45.8 Å². The second-order valence-corrected chi connectivity index (χ2v) is 19.1. The van der Waals surface area contributed by atoms with E-state index in [4.69, 9.17) is 29.2 Å². The van der Waals surface area contributed by atoms with Crippen molar-refractivity contribution >= 4 is 41.7 Å². The minimum Gasteiger partial charge on any atom is -0.480 e. The highest BCUT2D eigenvalue weighted by molar-refractivity contribution is 5.79. The van der Waals surface area contributed by atoms with Gasteiger partial charge in [0.15, 0.2) is 6.10 Å². The molecule has 1 atom stereocenters. The Morgan fingerprint density at radius 2 is 0.819 bits per heavy atom. The number of carbonyl (C=O) groups is 7. The first-order valence-electron chi connectivity index (χ1n) is 27.6. The molecule has 0 aliphatic carbocycles. The zero-order valence-corrected chi connectivity index (χ0v) is 44.6. The number of hydrogen-bond donors (Lipinski definition) is 5. The SMILES string of the molecule is CCCCCCCCCCCCCCCOCC(COC(=O)COCCNC(=O)CN(CCN(CCCN(CC(=O)O)CC(=O)O)CC(=O)O)CC(=O)O)OC(=O)CCCCCCCCCCCCCCC. The van der Waals surface area contributed by atoms with Crippen LogP contribution < -0.4 is 5.32 Å². The molecule has 0 heterocycles. The number of nitrogens with one attached hydrogen (secondary N) is 1. The van der Waals surface area contributed by atoms with E-state index in [2.05, 4.69) is 19.2 Å². The number of carboxylic acids is 4. The van der Waals surface area contributed by atoms with Crippen molar-refractivity contribution in [2.24, 2.45) is 0 Å². The van der Waals surface area contributed by atoms with E-state index in [1.165, 1.54) is 137 Å². The van der Waals surface area contributed by atoms with Crippen molar-refractivity contribution in [3.05, 3.63) is 0 Å². The highest BCUT2D eigenvalue weighted by atomic mass is 16.6. The molecule has 0 saturated carbocycles. The maximum Gasteiger partial charge on any atom is 0.332 e. The maximum absolute atomic E-state index is 12.8. The Balaban J connectivity index is 4.82. The fourth-order valence-electron chi connectivity index (χ4n) is 8.25. The van der Waals surface area contributed by atoms with Crippen LogP contribution in [0.15, 0.2) is 0 Å². The van der Waals surface area contributed by atoms with Crippen LogP contribution in [0.4, 0.5) is 0 Å². The molecular formula is C53H98N4O15. The van der Waals surface area contributed by atoms with Gasteiger partial charge in [0.05, 0.1) is 45.9 Å². The van der Waals surface area contributed by atoms with Gasteiger partial charge in [0.25, 0.3) is 0 Å². The predicted molar refractivity (Wildman–Crippen MR) is 276 cm³/mol. The first kappa shape index (κ1) is 68.1. The van der Waals surface area contributed by atoms with E-state index in [1.807, 2.05) is 0 Å². The van der Waals surface area contributed by atoms with Crippen molar-refractivity contribution in [2.75, 3.05) is 98.5 Å². The van der Waals surface area contributed by atoms with E-state index in [1.54, 1.807) is 0 Å². The van der Waals surface area contributed by atoms with Gasteiger partial charge in [-0.2, -0.15) is 0 Å². The standard InChI is InChI=1S/C53H98N4O15/c1-3-5-7-9-11-13-15-17-19-21-23-25-27-30-52(67)72-46(43-69-36-28-26-24-22-20-18-16-14-12-10-8-6-4-2)44-71-53(68)45-70-37-31-54-47(58)38-57(42-51(65)66)35-34-55(39-48(59)60)32-29-33-56(40-49(61)62)41-50(63)64/h46H,3-45H2,1-2H3,(H,54,58)(H,59,60)(H,61,62)(H,63,64)(H,65,66). The minimum atomic E-state index is -1.21. The van der Waals surface area contributed by atoms with Gasteiger partial charge in [0.1, 0.15) is 13.2 Å². The summed E-state index contributed by atoms with van der Waals surface area (Å²) in [6, 6.07) is 0. The number of rotatable bonds is 55.